The second-order valence-corrected chi connectivity index (χ2v) is 7.98. The van der Waals surface area contributed by atoms with Crippen LogP contribution in [0.2, 0.25) is 10.0 Å². The third-order valence-electron chi connectivity index (χ3n) is 3.32. The van der Waals surface area contributed by atoms with Gasteiger partial charge in [-0.1, -0.05) is 29.3 Å². The van der Waals surface area contributed by atoms with E-state index in [0.29, 0.717) is 15.6 Å². The minimum absolute atomic E-state index is 0.291. The number of carbonyl (C=O) groups is 2. The van der Waals surface area contributed by atoms with Crippen LogP contribution in [0.25, 0.3) is 0 Å². The zero-order valence-electron chi connectivity index (χ0n) is 12.2. The van der Waals surface area contributed by atoms with Crippen LogP contribution < -0.4 is 0 Å². The molecule has 0 aliphatic carbocycles. The first kappa shape index (κ1) is 17.2. The number of hydrogen-bond donors (Lipinski definition) is 1. The number of thioether (sulfide) groups is 1. The highest BCUT2D eigenvalue weighted by Gasteiger charge is 2.52. The lowest BCUT2D eigenvalue weighted by Gasteiger charge is -2.30. The van der Waals surface area contributed by atoms with Crippen LogP contribution in [0.5, 0.6) is 0 Å². The standard InChI is InChI=1S/C14H15Cl2NO4S/c1-7(18)17-11(9-5-4-8(15)6-10(9)16)22-14(2,3)12(17)21-13(19)20/h4-6,11-12H,1-3H3,(H,19,20)/t11-,12-/m0/s1. The van der Waals surface area contributed by atoms with Crippen LogP contribution >= 0.6 is 35.0 Å². The zero-order valence-corrected chi connectivity index (χ0v) is 14.5. The van der Waals surface area contributed by atoms with Gasteiger partial charge in [-0.15, -0.1) is 11.8 Å². The number of hydrogen-bond acceptors (Lipinski definition) is 4. The maximum Gasteiger partial charge on any atom is 0.507 e. The number of nitrogens with zero attached hydrogens (tertiary/aromatic N) is 1. The van der Waals surface area contributed by atoms with Crippen LogP contribution in [0, 0.1) is 0 Å². The van der Waals surface area contributed by atoms with Crippen molar-refractivity contribution < 1.29 is 19.4 Å². The molecule has 1 aliphatic heterocycles. The van der Waals surface area contributed by atoms with Gasteiger partial charge in [0.1, 0.15) is 5.37 Å². The van der Waals surface area contributed by atoms with E-state index >= 15 is 0 Å². The summed E-state index contributed by atoms with van der Waals surface area (Å²) in [5, 5.41) is 9.41. The molecule has 1 N–H and O–H groups in total. The minimum atomic E-state index is -1.42. The van der Waals surface area contributed by atoms with Crippen molar-refractivity contribution in [2.75, 3.05) is 0 Å². The largest absolute Gasteiger partial charge is 0.507 e. The maximum absolute atomic E-state index is 12.1. The smallest absolute Gasteiger partial charge is 0.450 e. The average Bonchev–Trinajstić information content (AvgIpc) is 2.60. The van der Waals surface area contributed by atoms with E-state index in [1.54, 1.807) is 18.2 Å². The Bertz CT molecular complexity index is 623. The highest BCUT2D eigenvalue weighted by Crippen LogP contribution is 2.53. The van der Waals surface area contributed by atoms with Gasteiger partial charge in [0.15, 0.2) is 6.23 Å². The van der Waals surface area contributed by atoms with Crippen molar-refractivity contribution in [1.29, 1.82) is 0 Å². The van der Waals surface area contributed by atoms with Crippen molar-refractivity contribution in [2.24, 2.45) is 0 Å². The van der Waals surface area contributed by atoms with E-state index in [-0.39, 0.29) is 5.91 Å². The summed E-state index contributed by atoms with van der Waals surface area (Å²) in [6.07, 6.45) is -2.32. The van der Waals surface area contributed by atoms with Crippen molar-refractivity contribution in [3.05, 3.63) is 33.8 Å². The zero-order chi connectivity index (χ0) is 16.7. The first-order valence-electron chi connectivity index (χ1n) is 6.44. The Morgan fingerprint density at radius 2 is 2.00 bits per heavy atom. The van der Waals surface area contributed by atoms with Gasteiger partial charge in [0.05, 0.1) is 4.75 Å². The van der Waals surface area contributed by atoms with Gasteiger partial charge in [-0.2, -0.15) is 0 Å². The van der Waals surface area contributed by atoms with E-state index in [4.69, 9.17) is 33.0 Å². The molecule has 0 unspecified atom stereocenters. The Kier molecular flexibility index (Phi) is 4.84. The third-order valence-corrected chi connectivity index (χ3v) is 5.40. The Hall–Kier alpha value is -1.11. The number of carboxylic acid groups (broad SMARTS) is 1. The summed E-state index contributed by atoms with van der Waals surface area (Å²) in [4.78, 5) is 24.4. The summed E-state index contributed by atoms with van der Waals surface area (Å²) in [7, 11) is 0. The van der Waals surface area contributed by atoms with Crippen molar-refractivity contribution in [2.45, 2.75) is 37.1 Å². The molecule has 1 saturated heterocycles. The van der Waals surface area contributed by atoms with E-state index in [9.17, 15) is 9.59 Å². The molecule has 0 aromatic heterocycles. The fraction of sp³-hybridized carbons (Fsp3) is 0.429. The summed E-state index contributed by atoms with van der Waals surface area (Å²) in [5.74, 6) is -0.291. The molecule has 0 spiro atoms. The van der Waals surface area contributed by atoms with E-state index in [1.165, 1.54) is 23.6 Å². The third kappa shape index (κ3) is 3.29. The Labute approximate surface area is 142 Å². The molecule has 1 heterocycles. The number of ether oxygens (including phenoxy) is 1. The van der Waals surface area contributed by atoms with E-state index in [0.717, 1.165) is 0 Å². The topological polar surface area (TPSA) is 66.8 Å². The Balaban J connectivity index is 2.47. The van der Waals surface area contributed by atoms with Gasteiger partial charge in [0.25, 0.3) is 0 Å². The van der Waals surface area contributed by atoms with E-state index < -0.39 is 22.5 Å². The van der Waals surface area contributed by atoms with Gasteiger partial charge in [0.2, 0.25) is 5.91 Å². The summed E-state index contributed by atoms with van der Waals surface area (Å²) >= 11 is 13.6. The number of carbonyl (C=O) groups excluding carboxylic acids is 1. The molecular formula is C14H15Cl2NO4S. The lowest BCUT2D eigenvalue weighted by Crippen LogP contribution is -2.46. The predicted molar refractivity (Wildman–Crippen MR) is 86.3 cm³/mol. The van der Waals surface area contributed by atoms with Gasteiger partial charge in [-0.05, 0) is 26.0 Å². The normalized spacial score (nSPS) is 23.4. The van der Waals surface area contributed by atoms with Crippen LogP contribution in [-0.4, -0.2) is 33.0 Å². The number of benzene rings is 1. The van der Waals surface area contributed by atoms with Crippen LogP contribution in [0.1, 0.15) is 31.7 Å². The van der Waals surface area contributed by atoms with E-state index in [2.05, 4.69) is 0 Å². The van der Waals surface area contributed by atoms with Gasteiger partial charge in [0, 0.05) is 22.5 Å². The molecule has 2 rings (SSSR count). The first-order valence-corrected chi connectivity index (χ1v) is 8.08. The van der Waals surface area contributed by atoms with Gasteiger partial charge in [-0.25, -0.2) is 4.79 Å². The molecule has 0 bridgehead atoms. The molecule has 8 heteroatoms. The van der Waals surface area contributed by atoms with Crippen molar-refractivity contribution in [3.63, 3.8) is 0 Å². The van der Waals surface area contributed by atoms with Crippen molar-refractivity contribution in [1.82, 2.24) is 4.90 Å². The summed E-state index contributed by atoms with van der Waals surface area (Å²) in [6.45, 7) is 5.02. The van der Waals surface area contributed by atoms with Crippen LogP contribution in [0.15, 0.2) is 18.2 Å². The summed E-state index contributed by atoms with van der Waals surface area (Å²) in [5.41, 5.74) is 0.691. The quantitative estimate of drug-likeness (QED) is 0.789. The van der Waals surface area contributed by atoms with Crippen molar-refractivity contribution >= 4 is 47.0 Å². The highest BCUT2D eigenvalue weighted by atomic mass is 35.5. The lowest BCUT2D eigenvalue weighted by molar-refractivity contribution is -0.141. The molecule has 1 aromatic rings. The molecule has 5 nitrogen and oxygen atoms in total. The molecule has 0 radical (unpaired) electrons. The lowest BCUT2D eigenvalue weighted by atomic mass is 10.1. The summed E-state index contributed by atoms with van der Waals surface area (Å²) in [6, 6.07) is 5.01. The number of rotatable bonds is 2. The van der Waals surface area contributed by atoms with Gasteiger partial charge < -0.3 is 9.84 Å². The average molecular weight is 364 g/mol. The fourth-order valence-corrected chi connectivity index (χ4v) is 4.54. The molecule has 22 heavy (non-hydrogen) atoms. The monoisotopic (exact) mass is 363 g/mol. The number of amides is 1. The second-order valence-electron chi connectivity index (χ2n) is 5.40. The predicted octanol–water partition coefficient (Wildman–Crippen LogP) is 4.39. The Morgan fingerprint density at radius 3 is 2.50 bits per heavy atom. The van der Waals surface area contributed by atoms with Crippen LogP contribution in [0.3, 0.4) is 0 Å². The maximum atomic E-state index is 12.1. The fourth-order valence-electron chi connectivity index (χ4n) is 2.40. The second kappa shape index (κ2) is 6.18. The molecular weight excluding hydrogens is 349 g/mol. The van der Waals surface area contributed by atoms with Crippen LogP contribution in [-0.2, 0) is 9.53 Å². The molecule has 0 saturated carbocycles. The Morgan fingerprint density at radius 1 is 1.36 bits per heavy atom. The van der Waals surface area contributed by atoms with Gasteiger partial charge in [-0.3, -0.25) is 9.69 Å². The van der Waals surface area contributed by atoms with Gasteiger partial charge >= 0.3 is 6.16 Å². The SMILES string of the molecule is CC(=O)N1[C@@H](OC(=O)O)C(C)(C)S[C@H]1c1ccc(Cl)cc1Cl. The number of halogens is 2. The molecule has 1 fully saturated rings. The van der Waals surface area contributed by atoms with E-state index in [1.807, 2.05) is 13.8 Å². The highest BCUT2D eigenvalue weighted by molar-refractivity contribution is 8.01. The molecule has 1 aromatic carbocycles. The summed E-state index contributed by atoms with van der Waals surface area (Å²) < 4.78 is 4.33. The van der Waals surface area contributed by atoms with Crippen molar-refractivity contribution in [3.8, 4) is 0 Å². The first-order chi connectivity index (χ1) is 10.1. The molecule has 1 aliphatic rings. The minimum Gasteiger partial charge on any atom is -0.450 e. The van der Waals surface area contributed by atoms with Crippen LogP contribution in [0.4, 0.5) is 4.79 Å². The molecule has 2 atom stereocenters. The molecule has 120 valence electrons. The molecule has 1 amide bonds.